The molecule has 27 heavy (non-hydrogen) atoms. The van der Waals surface area contributed by atoms with Gasteiger partial charge in [0.05, 0.1) is 12.6 Å². The maximum atomic E-state index is 12.6. The second-order valence-electron chi connectivity index (χ2n) is 7.55. The molecule has 2 amide bonds. The molecule has 2 heterocycles. The molecule has 0 bridgehead atoms. The third-order valence-corrected chi connectivity index (χ3v) is 5.36. The van der Waals surface area contributed by atoms with E-state index in [-0.39, 0.29) is 17.9 Å². The number of likely N-dealkylation sites (tertiary alicyclic amines) is 1. The van der Waals surface area contributed by atoms with Gasteiger partial charge >= 0.3 is 0 Å². The lowest BCUT2D eigenvalue weighted by atomic mass is 10.1. The van der Waals surface area contributed by atoms with Gasteiger partial charge in [-0.3, -0.25) is 14.5 Å². The predicted octanol–water partition coefficient (Wildman–Crippen LogP) is 2.69. The monoisotopic (exact) mass is 366 g/mol. The van der Waals surface area contributed by atoms with Crippen molar-refractivity contribution in [3.63, 3.8) is 0 Å². The molecule has 1 aromatic heterocycles. The first-order valence-corrected chi connectivity index (χ1v) is 9.66. The van der Waals surface area contributed by atoms with Gasteiger partial charge in [-0.1, -0.05) is 6.07 Å². The van der Waals surface area contributed by atoms with E-state index in [4.69, 9.17) is 0 Å². The topological polar surface area (TPSA) is 66.4 Å². The number of nitrogens with one attached hydrogen (secondary N) is 2. The maximum Gasteiger partial charge on any atom is 0.251 e. The van der Waals surface area contributed by atoms with Crippen molar-refractivity contribution in [2.24, 2.45) is 7.05 Å². The average Bonchev–Trinajstić information content (AvgIpc) is 3.17. The van der Waals surface area contributed by atoms with E-state index in [0.717, 1.165) is 32.2 Å². The number of carbonyl (C=O) groups is 2. The molecule has 2 fully saturated rings. The predicted molar refractivity (Wildman–Crippen MR) is 105 cm³/mol. The van der Waals surface area contributed by atoms with Crippen LogP contribution in [0.4, 0.5) is 5.69 Å². The van der Waals surface area contributed by atoms with Gasteiger partial charge in [0, 0.05) is 36.2 Å². The molecule has 1 atom stereocenters. The van der Waals surface area contributed by atoms with E-state index in [1.165, 1.54) is 5.69 Å². The van der Waals surface area contributed by atoms with Crippen molar-refractivity contribution in [2.75, 3.05) is 18.4 Å². The van der Waals surface area contributed by atoms with E-state index in [2.05, 4.69) is 26.2 Å². The number of carbonyl (C=O) groups excluding carboxylic acids is 2. The van der Waals surface area contributed by atoms with Crippen molar-refractivity contribution in [3.8, 4) is 0 Å². The van der Waals surface area contributed by atoms with Gasteiger partial charge in [-0.2, -0.15) is 0 Å². The Morgan fingerprint density at radius 2 is 2.00 bits per heavy atom. The molecule has 2 aromatic rings. The zero-order valence-electron chi connectivity index (χ0n) is 15.6. The number of hydrogen-bond donors (Lipinski definition) is 2. The molecular formula is C21H26N4O2. The van der Waals surface area contributed by atoms with Crippen molar-refractivity contribution in [3.05, 3.63) is 53.9 Å². The van der Waals surface area contributed by atoms with Crippen LogP contribution in [-0.4, -0.2) is 40.4 Å². The number of aryl methyl sites for hydroxylation is 1. The van der Waals surface area contributed by atoms with Gasteiger partial charge in [-0.05, 0) is 62.6 Å². The van der Waals surface area contributed by atoms with Crippen LogP contribution in [-0.2, 0) is 11.8 Å². The molecule has 6 nitrogen and oxygen atoms in total. The van der Waals surface area contributed by atoms with E-state index in [1.54, 1.807) is 18.2 Å². The Balaban J connectivity index is 1.37. The lowest BCUT2D eigenvalue weighted by Gasteiger charge is -2.24. The second kappa shape index (κ2) is 7.56. The highest BCUT2D eigenvalue weighted by Crippen LogP contribution is 2.31. The Bertz CT molecular complexity index is 840. The second-order valence-corrected chi connectivity index (χ2v) is 7.55. The molecule has 2 aliphatic rings. The molecule has 1 aliphatic carbocycles. The zero-order chi connectivity index (χ0) is 18.8. The molecule has 1 aliphatic heterocycles. The van der Waals surface area contributed by atoms with E-state index in [0.29, 0.717) is 23.8 Å². The van der Waals surface area contributed by atoms with Crippen molar-refractivity contribution in [2.45, 2.75) is 37.8 Å². The van der Waals surface area contributed by atoms with Crippen LogP contribution in [0.15, 0.2) is 42.6 Å². The molecule has 142 valence electrons. The van der Waals surface area contributed by atoms with Crippen molar-refractivity contribution in [1.82, 2.24) is 14.8 Å². The summed E-state index contributed by atoms with van der Waals surface area (Å²) in [6.07, 6.45) is 6.33. The Morgan fingerprint density at radius 3 is 2.74 bits per heavy atom. The van der Waals surface area contributed by atoms with Gasteiger partial charge in [-0.25, -0.2) is 0 Å². The van der Waals surface area contributed by atoms with Crippen LogP contribution < -0.4 is 10.6 Å². The summed E-state index contributed by atoms with van der Waals surface area (Å²) in [5.74, 6) is -0.118. The quantitative estimate of drug-likeness (QED) is 0.826. The number of benzene rings is 1. The summed E-state index contributed by atoms with van der Waals surface area (Å²) in [5.41, 5.74) is 2.50. The van der Waals surface area contributed by atoms with Gasteiger partial charge in [0.1, 0.15) is 0 Å². The first kappa shape index (κ1) is 17.8. The normalized spacial score (nSPS) is 19.8. The molecule has 6 heteroatoms. The van der Waals surface area contributed by atoms with Gasteiger partial charge in [0.2, 0.25) is 5.91 Å². The summed E-state index contributed by atoms with van der Waals surface area (Å²) >= 11 is 0. The summed E-state index contributed by atoms with van der Waals surface area (Å²) in [4.78, 5) is 27.0. The minimum absolute atomic E-state index is 0.0455. The Hall–Kier alpha value is -2.60. The van der Waals surface area contributed by atoms with Crippen LogP contribution in [0.1, 0.15) is 47.8 Å². The Morgan fingerprint density at radius 1 is 1.15 bits per heavy atom. The number of hydrogen-bond acceptors (Lipinski definition) is 3. The fraction of sp³-hybridized carbons (Fsp3) is 0.429. The molecule has 2 N–H and O–H groups in total. The Kier molecular flexibility index (Phi) is 4.99. The summed E-state index contributed by atoms with van der Waals surface area (Å²) < 4.78 is 2.13. The third kappa shape index (κ3) is 4.22. The molecular weight excluding hydrogens is 340 g/mol. The number of amides is 2. The first-order valence-electron chi connectivity index (χ1n) is 9.66. The van der Waals surface area contributed by atoms with Crippen LogP contribution in [0.2, 0.25) is 0 Å². The van der Waals surface area contributed by atoms with E-state index in [1.807, 2.05) is 25.4 Å². The summed E-state index contributed by atoms with van der Waals surface area (Å²) in [6, 6.07) is 11.9. The maximum absolute atomic E-state index is 12.6. The van der Waals surface area contributed by atoms with Crippen molar-refractivity contribution >= 4 is 17.5 Å². The number of aromatic nitrogens is 1. The van der Waals surface area contributed by atoms with Crippen LogP contribution in [0.25, 0.3) is 0 Å². The lowest BCUT2D eigenvalue weighted by Crippen LogP contribution is -2.33. The third-order valence-electron chi connectivity index (χ3n) is 5.36. The van der Waals surface area contributed by atoms with Gasteiger partial charge in [0.15, 0.2) is 0 Å². The van der Waals surface area contributed by atoms with E-state index in [9.17, 15) is 9.59 Å². The molecule has 1 aromatic carbocycles. The number of nitrogens with zero attached hydrogens (tertiary/aromatic N) is 2. The summed E-state index contributed by atoms with van der Waals surface area (Å²) in [5, 5.41) is 5.92. The summed E-state index contributed by atoms with van der Waals surface area (Å²) in [6.45, 7) is 1.28. The number of anilines is 1. The van der Waals surface area contributed by atoms with Gasteiger partial charge < -0.3 is 15.2 Å². The highest BCUT2D eigenvalue weighted by molar-refractivity contribution is 5.97. The lowest BCUT2D eigenvalue weighted by molar-refractivity contribution is -0.117. The SMILES string of the molecule is Cn1cccc1[C@@H]1CCCN1CC(=O)Nc1cccc(C(=O)NC2CC2)c1. The molecule has 0 unspecified atom stereocenters. The fourth-order valence-corrected chi connectivity index (χ4v) is 3.79. The van der Waals surface area contributed by atoms with Crippen molar-refractivity contribution in [1.29, 1.82) is 0 Å². The largest absolute Gasteiger partial charge is 0.353 e. The van der Waals surface area contributed by atoms with Crippen LogP contribution in [0, 0.1) is 0 Å². The smallest absolute Gasteiger partial charge is 0.251 e. The zero-order valence-corrected chi connectivity index (χ0v) is 15.6. The highest BCUT2D eigenvalue weighted by atomic mass is 16.2. The highest BCUT2D eigenvalue weighted by Gasteiger charge is 2.29. The number of rotatable bonds is 6. The van der Waals surface area contributed by atoms with Crippen molar-refractivity contribution < 1.29 is 9.59 Å². The van der Waals surface area contributed by atoms with Crippen LogP contribution >= 0.6 is 0 Å². The molecule has 1 saturated carbocycles. The standard InChI is InChI=1S/C21H26N4O2/c1-24-11-3-7-18(24)19-8-4-12-25(19)14-20(26)22-17-6-2-5-15(13-17)21(27)23-16-9-10-16/h2-3,5-7,11,13,16,19H,4,8-10,12,14H2,1H3,(H,22,26)(H,23,27)/t19-/m0/s1. The summed E-state index contributed by atoms with van der Waals surface area (Å²) in [7, 11) is 2.05. The minimum atomic E-state index is -0.0723. The van der Waals surface area contributed by atoms with E-state index >= 15 is 0 Å². The minimum Gasteiger partial charge on any atom is -0.353 e. The average molecular weight is 366 g/mol. The van der Waals surface area contributed by atoms with Crippen LogP contribution in [0.3, 0.4) is 0 Å². The van der Waals surface area contributed by atoms with Gasteiger partial charge in [0.25, 0.3) is 5.91 Å². The molecule has 1 saturated heterocycles. The molecule has 0 spiro atoms. The van der Waals surface area contributed by atoms with E-state index < -0.39 is 0 Å². The Labute approximate surface area is 159 Å². The fourth-order valence-electron chi connectivity index (χ4n) is 3.79. The van der Waals surface area contributed by atoms with Gasteiger partial charge in [-0.15, -0.1) is 0 Å². The molecule has 0 radical (unpaired) electrons. The van der Waals surface area contributed by atoms with Crippen LogP contribution in [0.5, 0.6) is 0 Å². The molecule has 4 rings (SSSR count). The first-order chi connectivity index (χ1) is 13.1.